The standard InChI is InChI=1S/C15H31N/c1-4-9-14(10-5-2)16-13-15(3)11-7-6-8-12-15/h14,16H,4-13H2,1-3H3. The molecule has 0 aromatic rings. The van der Waals surface area contributed by atoms with Crippen LogP contribution in [0.15, 0.2) is 0 Å². The second-order valence-corrected chi connectivity index (χ2v) is 6.03. The lowest BCUT2D eigenvalue weighted by Crippen LogP contribution is -2.39. The fourth-order valence-electron chi connectivity index (χ4n) is 3.02. The van der Waals surface area contributed by atoms with Gasteiger partial charge in [-0.3, -0.25) is 0 Å². The summed E-state index contributed by atoms with van der Waals surface area (Å²) in [6.45, 7) is 8.32. The monoisotopic (exact) mass is 225 g/mol. The summed E-state index contributed by atoms with van der Waals surface area (Å²) in [6.07, 6.45) is 12.6. The maximum Gasteiger partial charge on any atom is 0.00670 e. The van der Waals surface area contributed by atoms with E-state index in [1.54, 1.807) is 0 Å². The van der Waals surface area contributed by atoms with Crippen LogP contribution in [0, 0.1) is 5.41 Å². The Morgan fingerprint density at radius 1 is 1.00 bits per heavy atom. The summed E-state index contributed by atoms with van der Waals surface area (Å²) in [5.74, 6) is 0. The highest BCUT2D eigenvalue weighted by atomic mass is 14.9. The molecular formula is C15H31N. The lowest BCUT2D eigenvalue weighted by molar-refractivity contribution is 0.197. The van der Waals surface area contributed by atoms with Crippen molar-refractivity contribution in [3.05, 3.63) is 0 Å². The molecule has 0 aliphatic heterocycles. The van der Waals surface area contributed by atoms with E-state index in [-0.39, 0.29) is 0 Å². The zero-order valence-electron chi connectivity index (χ0n) is 11.6. The van der Waals surface area contributed by atoms with E-state index < -0.39 is 0 Å². The van der Waals surface area contributed by atoms with E-state index in [2.05, 4.69) is 26.1 Å². The van der Waals surface area contributed by atoms with Crippen LogP contribution < -0.4 is 5.32 Å². The number of nitrogens with one attached hydrogen (secondary N) is 1. The first-order valence-electron chi connectivity index (χ1n) is 7.43. The van der Waals surface area contributed by atoms with E-state index >= 15 is 0 Å². The van der Waals surface area contributed by atoms with Crippen LogP contribution in [0.4, 0.5) is 0 Å². The fraction of sp³-hybridized carbons (Fsp3) is 1.00. The molecule has 0 radical (unpaired) electrons. The third-order valence-electron chi connectivity index (χ3n) is 4.15. The molecule has 1 heteroatoms. The number of hydrogen-bond acceptors (Lipinski definition) is 1. The van der Waals surface area contributed by atoms with E-state index in [4.69, 9.17) is 0 Å². The first-order chi connectivity index (χ1) is 7.70. The minimum absolute atomic E-state index is 0.595. The average Bonchev–Trinajstić information content (AvgIpc) is 2.28. The Kier molecular flexibility index (Phi) is 6.41. The van der Waals surface area contributed by atoms with E-state index in [1.807, 2.05) is 0 Å². The summed E-state index contributed by atoms with van der Waals surface area (Å²) in [5.41, 5.74) is 0.595. The van der Waals surface area contributed by atoms with Crippen molar-refractivity contribution in [2.75, 3.05) is 6.54 Å². The van der Waals surface area contributed by atoms with Crippen molar-refractivity contribution in [3.8, 4) is 0 Å². The fourth-order valence-corrected chi connectivity index (χ4v) is 3.02. The molecule has 1 N–H and O–H groups in total. The highest BCUT2D eigenvalue weighted by molar-refractivity contribution is 4.82. The van der Waals surface area contributed by atoms with Gasteiger partial charge in [0.25, 0.3) is 0 Å². The molecule has 1 fully saturated rings. The molecule has 1 rings (SSSR count). The molecule has 0 aromatic carbocycles. The summed E-state index contributed by atoms with van der Waals surface area (Å²) >= 11 is 0. The van der Waals surface area contributed by atoms with Gasteiger partial charge in [-0.15, -0.1) is 0 Å². The molecule has 1 saturated carbocycles. The van der Waals surface area contributed by atoms with Crippen LogP contribution in [0.1, 0.15) is 78.6 Å². The van der Waals surface area contributed by atoms with Gasteiger partial charge in [0, 0.05) is 12.6 Å². The van der Waals surface area contributed by atoms with Crippen molar-refractivity contribution >= 4 is 0 Å². The normalized spacial score (nSPS) is 20.2. The lowest BCUT2D eigenvalue weighted by Gasteiger charge is -2.35. The van der Waals surface area contributed by atoms with Gasteiger partial charge in [0.15, 0.2) is 0 Å². The van der Waals surface area contributed by atoms with Crippen LogP contribution in [0.5, 0.6) is 0 Å². The molecule has 0 atom stereocenters. The molecule has 0 bridgehead atoms. The molecular weight excluding hydrogens is 194 g/mol. The third kappa shape index (κ3) is 4.86. The Hall–Kier alpha value is -0.0400. The third-order valence-corrected chi connectivity index (χ3v) is 4.15. The van der Waals surface area contributed by atoms with E-state index in [0.717, 1.165) is 6.04 Å². The van der Waals surface area contributed by atoms with Gasteiger partial charge in [0.2, 0.25) is 0 Å². The van der Waals surface area contributed by atoms with Crippen molar-refractivity contribution in [1.29, 1.82) is 0 Å². The van der Waals surface area contributed by atoms with Gasteiger partial charge >= 0.3 is 0 Å². The zero-order chi connectivity index (χ0) is 11.9. The van der Waals surface area contributed by atoms with E-state index in [1.165, 1.54) is 64.3 Å². The summed E-state index contributed by atoms with van der Waals surface area (Å²) in [6, 6.07) is 0.772. The highest BCUT2D eigenvalue weighted by Gasteiger charge is 2.26. The largest absolute Gasteiger partial charge is 0.313 e. The predicted molar refractivity (Wildman–Crippen MR) is 72.8 cm³/mol. The van der Waals surface area contributed by atoms with Crippen LogP contribution >= 0.6 is 0 Å². The molecule has 0 saturated heterocycles. The topological polar surface area (TPSA) is 12.0 Å². The van der Waals surface area contributed by atoms with Crippen molar-refractivity contribution in [2.45, 2.75) is 84.6 Å². The highest BCUT2D eigenvalue weighted by Crippen LogP contribution is 2.35. The SMILES string of the molecule is CCCC(CCC)NCC1(C)CCCCC1. The predicted octanol–water partition coefficient (Wildman–Crippen LogP) is 4.52. The molecule has 96 valence electrons. The Balaban J connectivity index is 2.28. The van der Waals surface area contributed by atoms with Gasteiger partial charge in [-0.05, 0) is 31.1 Å². The lowest BCUT2D eigenvalue weighted by atomic mass is 9.75. The van der Waals surface area contributed by atoms with Crippen molar-refractivity contribution < 1.29 is 0 Å². The van der Waals surface area contributed by atoms with Crippen LogP contribution in [-0.4, -0.2) is 12.6 Å². The average molecular weight is 225 g/mol. The van der Waals surface area contributed by atoms with Gasteiger partial charge in [-0.1, -0.05) is 52.9 Å². The minimum Gasteiger partial charge on any atom is -0.313 e. The summed E-state index contributed by atoms with van der Waals surface area (Å²) in [4.78, 5) is 0. The minimum atomic E-state index is 0.595. The maximum absolute atomic E-state index is 3.83. The maximum atomic E-state index is 3.83. The first kappa shape index (κ1) is 14.0. The van der Waals surface area contributed by atoms with Gasteiger partial charge in [0.1, 0.15) is 0 Å². The van der Waals surface area contributed by atoms with Gasteiger partial charge in [-0.2, -0.15) is 0 Å². The van der Waals surface area contributed by atoms with Gasteiger partial charge in [0.05, 0.1) is 0 Å². The molecule has 0 spiro atoms. The van der Waals surface area contributed by atoms with Crippen LogP contribution in [0.2, 0.25) is 0 Å². The number of rotatable bonds is 7. The molecule has 0 unspecified atom stereocenters. The quantitative estimate of drug-likeness (QED) is 0.672. The second-order valence-electron chi connectivity index (χ2n) is 6.03. The van der Waals surface area contributed by atoms with Crippen LogP contribution in [0.3, 0.4) is 0 Å². The molecule has 0 aromatic heterocycles. The summed E-state index contributed by atoms with van der Waals surface area (Å²) in [7, 11) is 0. The molecule has 1 nitrogen and oxygen atoms in total. The van der Waals surface area contributed by atoms with Gasteiger partial charge in [-0.25, -0.2) is 0 Å². The first-order valence-corrected chi connectivity index (χ1v) is 7.43. The van der Waals surface area contributed by atoms with E-state index in [0.29, 0.717) is 5.41 Å². The van der Waals surface area contributed by atoms with Crippen LogP contribution in [-0.2, 0) is 0 Å². The summed E-state index contributed by atoms with van der Waals surface area (Å²) < 4.78 is 0. The van der Waals surface area contributed by atoms with E-state index in [9.17, 15) is 0 Å². The Bertz CT molecular complexity index is 164. The van der Waals surface area contributed by atoms with Crippen molar-refractivity contribution in [3.63, 3.8) is 0 Å². The summed E-state index contributed by atoms with van der Waals surface area (Å²) in [5, 5.41) is 3.83. The zero-order valence-corrected chi connectivity index (χ0v) is 11.6. The Morgan fingerprint density at radius 3 is 2.06 bits per heavy atom. The second kappa shape index (κ2) is 7.32. The molecule has 0 heterocycles. The Labute approximate surface area is 102 Å². The molecule has 1 aliphatic carbocycles. The van der Waals surface area contributed by atoms with Crippen molar-refractivity contribution in [1.82, 2.24) is 5.32 Å². The molecule has 16 heavy (non-hydrogen) atoms. The van der Waals surface area contributed by atoms with Gasteiger partial charge < -0.3 is 5.32 Å². The van der Waals surface area contributed by atoms with Crippen LogP contribution in [0.25, 0.3) is 0 Å². The number of hydrogen-bond donors (Lipinski definition) is 1. The smallest absolute Gasteiger partial charge is 0.00670 e. The molecule has 0 amide bonds. The van der Waals surface area contributed by atoms with Crippen molar-refractivity contribution in [2.24, 2.45) is 5.41 Å². The Morgan fingerprint density at radius 2 is 1.56 bits per heavy atom. The molecule has 1 aliphatic rings.